The standard InChI is InChI=1S/C17H15F3N2O3.C7H4F4O/c18-17(19,20)15(23)10-3-5-11(6-4-10)16(24)22-12-7-9-25-13-2-1-8-21-14(12)13;8-5-3-1-2-4-6(5)12-7(9,10)11/h1-6,8,12,15,23H,7,9H2,(H,22,24);1-4H. The number of para-hydroxylation sites is 1. The highest BCUT2D eigenvalue weighted by Crippen LogP contribution is 2.33. The van der Waals surface area contributed by atoms with E-state index in [0.717, 1.165) is 24.3 Å². The van der Waals surface area contributed by atoms with Gasteiger partial charge in [0.15, 0.2) is 17.7 Å². The molecule has 2 unspecified atom stereocenters. The Labute approximate surface area is 205 Å². The van der Waals surface area contributed by atoms with Crippen molar-refractivity contribution in [1.29, 1.82) is 0 Å². The molecule has 13 heteroatoms. The summed E-state index contributed by atoms with van der Waals surface area (Å²) in [6.07, 6.45) is -10.0. The van der Waals surface area contributed by atoms with Gasteiger partial charge in [-0.3, -0.25) is 9.78 Å². The fraction of sp³-hybridized carbons (Fsp3) is 0.250. The number of pyridine rings is 1. The predicted molar refractivity (Wildman–Crippen MR) is 115 cm³/mol. The first-order valence-corrected chi connectivity index (χ1v) is 10.6. The Balaban J connectivity index is 0.000000266. The van der Waals surface area contributed by atoms with E-state index in [1.165, 1.54) is 24.3 Å². The van der Waals surface area contributed by atoms with Crippen LogP contribution in [0.1, 0.15) is 40.2 Å². The van der Waals surface area contributed by atoms with Crippen molar-refractivity contribution in [3.63, 3.8) is 0 Å². The van der Waals surface area contributed by atoms with Crippen LogP contribution in [0.5, 0.6) is 11.5 Å². The average Bonchev–Trinajstić information content (AvgIpc) is 2.84. The van der Waals surface area contributed by atoms with Gasteiger partial charge in [0.05, 0.1) is 12.6 Å². The van der Waals surface area contributed by atoms with Gasteiger partial charge in [-0.05, 0) is 42.0 Å². The summed E-state index contributed by atoms with van der Waals surface area (Å²) in [4.78, 5) is 16.6. The Hall–Kier alpha value is -3.87. The molecule has 0 bridgehead atoms. The second-order valence-electron chi connectivity index (χ2n) is 7.59. The maximum atomic E-state index is 12.5. The quantitative estimate of drug-likeness (QED) is 0.425. The number of aromatic nitrogens is 1. The van der Waals surface area contributed by atoms with Gasteiger partial charge in [-0.15, -0.1) is 13.2 Å². The molecule has 0 saturated heterocycles. The van der Waals surface area contributed by atoms with E-state index in [4.69, 9.17) is 4.74 Å². The van der Waals surface area contributed by atoms with Crippen molar-refractivity contribution in [3.05, 3.63) is 89.5 Å². The number of halogens is 7. The molecule has 1 aromatic heterocycles. The molecule has 0 saturated carbocycles. The minimum Gasteiger partial charge on any atom is -0.491 e. The highest BCUT2D eigenvalue weighted by Gasteiger charge is 2.39. The van der Waals surface area contributed by atoms with E-state index < -0.39 is 36.1 Å². The number of hydrogen-bond acceptors (Lipinski definition) is 5. The molecule has 37 heavy (non-hydrogen) atoms. The number of hydrogen-bond donors (Lipinski definition) is 2. The highest BCUT2D eigenvalue weighted by molar-refractivity contribution is 5.94. The number of benzene rings is 2. The smallest absolute Gasteiger partial charge is 0.491 e. The molecule has 6 nitrogen and oxygen atoms in total. The molecule has 0 aliphatic carbocycles. The normalized spacial score (nSPS) is 15.8. The van der Waals surface area contributed by atoms with Crippen molar-refractivity contribution >= 4 is 5.91 Å². The number of nitrogens with zero attached hydrogens (tertiary/aromatic N) is 1. The van der Waals surface area contributed by atoms with Crippen LogP contribution in [0.4, 0.5) is 30.7 Å². The van der Waals surface area contributed by atoms with Crippen LogP contribution in [0, 0.1) is 5.82 Å². The number of aliphatic hydroxyl groups is 1. The molecule has 1 aliphatic rings. The molecule has 0 fully saturated rings. The monoisotopic (exact) mass is 532 g/mol. The minimum absolute atomic E-state index is 0.196. The number of carbonyl (C=O) groups excluding carboxylic acids is 1. The third-order valence-corrected chi connectivity index (χ3v) is 4.96. The van der Waals surface area contributed by atoms with Crippen LogP contribution in [0.25, 0.3) is 0 Å². The van der Waals surface area contributed by atoms with Crippen LogP contribution < -0.4 is 14.8 Å². The zero-order valence-corrected chi connectivity index (χ0v) is 18.7. The van der Waals surface area contributed by atoms with Crippen LogP contribution >= 0.6 is 0 Å². The molecular weight excluding hydrogens is 513 g/mol. The van der Waals surface area contributed by atoms with Gasteiger partial charge in [0, 0.05) is 18.2 Å². The zero-order valence-electron chi connectivity index (χ0n) is 18.7. The molecule has 198 valence electrons. The van der Waals surface area contributed by atoms with E-state index >= 15 is 0 Å². The topological polar surface area (TPSA) is 80.7 Å². The lowest BCUT2D eigenvalue weighted by molar-refractivity contribution is -0.275. The van der Waals surface area contributed by atoms with Crippen molar-refractivity contribution in [2.75, 3.05) is 6.61 Å². The van der Waals surface area contributed by atoms with E-state index in [-0.39, 0.29) is 17.2 Å². The Morgan fingerprint density at radius 2 is 1.70 bits per heavy atom. The largest absolute Gasteiger partial charge is 0.573 e. The number of amides is 1. The maximum absolute atomic E-state index is 12.5. The van der Waals surface area contributed by atoms with Gasteiger partial charge in [-0.1, -0.05) is 24.3 Å². The lowest BCUT2D eigenvalue weighted by Gasteiger charge is -2.25. The van der Waals surface area contributed by atoms with E-state index in [9.17, 15) is 40.6 Å². The molecule has 4 rings (SSSR count). The fourth-order valence-corrected chi connectivity index (χ4v) is 3.25. The minimum atomic E-state index is -4.85. The average molecular weight is 532 g/mol. The van der Waals surface area contributed by atoms with E-state index in [1.807, 2.05) is 0 Å². The lowest BCUT2D eigenvalue weighted by Crippen LogP contribution is -2.32. The Kier molecular flexibility index (Phi) is 8.58. The summed E-state index contributed by atoms with van der Waals surface area (Å²) in [6, 6.07) is 12.1. The van der Waals surface area contributed by atoms with Gasteiger partial charge in [-0.2, -0.15) is 13.2 Å². The lowest BCUT2D eigenvalue weighted by atomic mass is 10.0. The molecule has 2 heterocycles. The molecule has 2 atom stereocenters. The maximum Gasteiger partial charge on any atom is 0.573 e. The summed E-state index contributed by atoms with van der Waals surface area (Å²) >= 11 is 0. The van der Waals surface area contributed by atoms with Gasteiger partial charge >= 0.3 is 12.5 Å². The Morgan fingerprint density at radius 3 is 2.32 bits per heavy atom. The SMILES string of the molecule is Fc1ccccc1OC(F)(F)F.O=C(NC1CCOc2cccnc21)c1ccc(C(O)C(F)(F)F)cc1. The predicted octanol–water partition coefficient (Wildman–Crippen LogP) is 5.66. The van der Waals surface area contributed by atoms with Gasteiger partial charge in [-0.25, -0.2) is 4.39 Å². The molecule has 0 spiro atoms. The molecular formula is C24H19F7N2O4. The van der Waals surface area contributed by atoms with E-state index in [0.29, 0.717) is 24.5 Å². The summed E-state index contributed by atoms with van der Waals surface area (Å²) in [6.45, 7) is 0.431. The van der Waals surface area contributed by atoms with Crippen LogP contribution in [0.3, 0.4) is 0 Å². The van der Waals surface area contributed by atoms with Crippen molar-refractivity contribution in [2.45, 2.75) is 31.1 Å². The van der Waals surface area contributed by atoms with Crippen molar-refractivity contribution in [1.82, 2.24) is 10.3 Å². The fourth-order valence-electron chi connectivity index (χ4n) is 3.25. The first-order chi connectivity index (χ1) is 17.3. The van der Waals surface area contributed by atoms with Crippen LogP contribution in [-0.4, -0.2) is 35.1 Å². The number of aliphatic hydroxyl groups excluding tert-OH is 1. The number of fused-ring (bicyclic) bond motifs is 1. The first kappa shape index (κ1) is 27.7. The Morgan fingerprint density at radius 1 is 1.03 bits per heavy atom. The third kappa shape index (κ3) is 7.81. The van der Waals surface area contributed by atoms with Gasteiger partial charge in [0.25, 0.3) is 5.91 Å². The number of carbonyl (C=O) groups is 1. The molecule has 1 aliphatic heterocycles. The number of alkyl halides is 6. The van der Waals surface area contributed by atoms with E-state index in [1.54, 1.807) is 18.3 Å². The van der Waals surface area contributed by atoms with Crippen LogP contribution in [0.2, 0.25) is 0 Å². The second kappa shape index (κ2) is 11.5. The van der Waals surface area contributed by atoms with Crippen molar-refractivity contribution in [2.24, 2.45) is 0 Å². The molecule has 3 aromatic rings. The summed E-state index contributed by atoms with van der Waals surface area (Å²) < 4.78 is 93.4. The molecule has 2 N–H and O–H groups in total. The summed E-state index contributed by atoms with van der Waals surface area (Å²) in [5.74, 6) is -1.68. The molecule has 0 radical (unpaired) electrons. The first-order valence-electron chi connectivity index (χ1n) is 10.6. The van der Waals surface area contributed by atoms with Gasteiger partial charge < -0.3 is 19.9 Å². The van der Waals surface area contributed by atoms with Crippen LogP contribution in [0.15, 0.2) is 66.9 Å². The van der Waals surface area contributed by atoms with Crippen molar-refractivity contribution in [3.8, 4) is 11.5 Å². The zero-order chi connectivity index (χ0) is 27.2. The summed E-state index contributed by atoms with van der Waals surface area (Å²) in [5, 5.41) is 12.0. The summed E-state index contributed by atoms with van der Waals surface area (Å²) in [7, 11) is 0. The van der Waals surface area contributed by atoms with E-state index in [2.05, 4.69) is 15.0 Å². The molecule has 1 amide bonds. The van der Waals surface area contributed by atoms with Gasteiger partial charge in [0.1, 0.15) is 11.4 Å². The summed E-state index contributed by atoms with van der Waals surface area (Å²) in [5.41, 5.74) is 0.496. The van der Waals surface area contributed by atoms with Gasteiger partial charge in [0.2, 0.25) is 0 Å². The van der Waals surface area contributed by atoms with Crippen LogP contribution in [-0.2, 0) is 0 Å². The highest BCUT2D eigenvalue weighted by atomic mass is 19.4. The number of ether oxygens (including phenoxy) is 2. The van der Waals surface area contributed by atoms with Crippen molar-refractivity contribution < 1.29 is 50.1 Å². The number of nitrogens with one attached hydrogen (secondary N) is 1. The second-order valence-corrected chi connectivity index (χ2v) is 7.59. The number of rotatable bonds is 4. The molecule has 2 aromatic carbocycles. The Bertz CT molecular complexity index is 1200. The third-order valence-electron chi connectivity index (χ3n) is 4.96.